The van der Waals surface area contributed by atoms with Gasteiger partial charge in [-0.25, -0.2) is 0 Å². The van der Waals surface area contributed by atoms with Crippen molar-refractivity contribution in [2.24, 2.45) is 0 Å². The number of nitro groups is 1. The number of amides is 2. The van der Waals surface area contributed by atoms with Crippen molar-refractivity contribution in [3.8, 4) is 5.75 Å². The number of ether oxygens (including phenoxy) is 1. The minimum absolute atomic E-state index is 0.108. The number of rotatable bonds is 7. The van der Waals surface area contributed by atoms with E-state index in [2.05, 4.69) is 15.6 Å². The predicted molar refractivity (Wildman–Crippen MR) is 125 cm³/mol. The molecule has 0 saturated heterocycles. The summed E-state index contributed by atoms with van der Waals surface area (Å²) >= 11 is 7.29. The lowest BCUT2D eigenvalue weighted by atomic mass is 9.95. The van der Waals surface area contributed by atoms with Crippen molar-refractivity contribution in [2.45, 2.75) is 25.7 Å². The number of nitrogens with one attached hydrogen (secondary N) is 2. The first-order valence-electron chi connectivity index (χ1n) is 10.2. The van der Waals surface area contributed by atoms with Crippen LogP contribution in [0.1, 0.15) is 33.6 Å². The molecule has 1 aromatic carbocycles. The van der Waals surface area contributed by atoms with Gasteiger partial charge in [-0.15, -0.1) is 11.3 Å². The van der Waals surface area contributed by atoms with Crippen LogP contribution in [0.3, 0.4) is 0 Å². The summed E-state index contributed by atoms with van der Waals surface area (Å²) in [5, 5.41) is 17.7. The second-order valence-corrected chi connectivity index (χ2v) is 8.84. The number of fused-ring (bicyclic) bond motifs is 1. The summed E-state index contributed by atoms with van der Waals surface area (Å²) < 4.78 is 5.32. The Kier molecular flexibility index (Phi) is 6.85. The van der Waals surface area contributed by atoms with Gasteiger partial charge in [0.05, 0.1) is 5.56 Å². The van der Waals surface area contributed by atoms with Crippen molar-refractivity contribution in [1.82, 2.24) is 4.98 Å². The fourth-order valence-corrected chi connectivity index (χ4v) is 4.99. The Bertz CT molecular complexity index is 1210. The molecule has 4 rings (SSSR count). The topological polar surface area (TPSA) is 123 Å². The quantitative estimate of drug-likeness (QED) is 0.363. The third-order valence-electron chi connectivity index (χ3n) is 5.04. The van der Waals surface area contributed by atoms with Crippen LogP contribution in [0.5, 0.6) is 5.75 Å². The third kappa shape index (κ3) is 5.29. The largest absolute Gasteiger partial charge is 0.476 e. The van der Waals surface area contributed by atoms with Gasteiger partial charge in [0.15, 0.2) is 6.61 Å². The summed E-state index contributed by atoms with van der Waals surface area (Å²) in [4.78, 5) is 40.8. The average molecular weight is 487 g/mol. The van der Waals surface area contributed by atoms with Crippen molar-refractivity contribution < 1.29 is 19.2 Å². The number of carbonyl (C=O) groups excluding carboxylic acids is 2. The maximum Gasteiger partial charge on any atom is 0.406 e. The van der Waals surface area contributed by atoms with E-state index in [1.54, 1.807) is 24.3 Å². The summed E-state index contributed by atoms with van der Waals surface area (Å²) in [7, 11) is 0. The van der Waals surface area contributed by atoms with Gasteiger partial charge >= 0.3 is 5.82 Å². The van der Waals surface area contributed by atoms with E-state index in [4.69, 9.17) is 16.3 Å². The average Bonchev–Trinajstić information content (AvgIpc) is 3.17. The van der Waals surface area contributed by atoms with E-state index in [-0.39, 0.29) is 11.7 Å². The van der Waals surface area contributed by atoms with E-state index in [0.717, 1.165) is 36.1 Å². The molecule has 2 heterocycles. The van der Waals surface area contributed by atoms with Crippen molar-refractivity contribution in [3.63, 3.8) is 0 Å². The highest BCUT2D eigenvalue weighted by Crippen LogP contribution is 2.38. The van der Waals surface area contributed by atoms with Crippen LogP contribution in [0.15, 0.2) is 42.6 Å². The Hall–Kier alpha value is -3.50. The molecule has 0 fully saturated rings. The first kappa shape index (κ1) is 22.7. The van der Waals surface area contributed by atoms with Crippen LogP contribution >= 0.6 is 22.9 Å². The maximum atomic E-state index is 13.1. The number of carbonyl (C=O) groups is 2. The molecule has 0 spiro atoms. The molecule has 11 heteroatoms. The summed E-state index contributed by atoms with van der Waals surface area (Å²) in [6.07, 6.45) is 4.85. The first-order valence-corrected chi connectivity index (χ1v) is 11.4. The fourth-order valence-electron chi connectivity index (χ4n) is 3.56. The van der Waals surface area contributed by atoms with Gasteiger partial charge < -0.3 is 25.5 Å². The third-order valence-corrected chi connectivity index (χ3v) is 6.50. The van der Waals surface area contributed by atoms with Crippen molar-refractivity contribution in [2.75, 3.05) is 17.2 Å². The maximum absolute atomic E-state index is 13.1. The summed E-state index contributed by atoms with van der Waals surface area (Å²) in [6, 6.07) is 9.60. The van der Waals surface area contributed by atoms with Crippen molar-refractivity contribution >= 4 is 51.3 Å². The molecule has 2 amide bonds. The van der Waals surface area contributed by atoms with Crippen LogP contribution in [0, 0.1) is 10.1 Å². The standard InChI is InChI=1S/C22H19ClN4O5S/c23-13-7-9-14(10-8-13)25-21(29)19-15-4-1-2-6-17(15)33-22(19)26-18(28)12-32-16-5-3-11-24-20(16)27(30)31/h3,5,7-11H,1-2,4,6,12H2,(H,25,29)(H,26,28). The molecular weight excluding hydrogens is 468 g/mol. The molecule has 0 unspecified atom stereocenters. The van der Waals surface area contributed by atoms with Gasteiger partial charge in [0, 0.05) is 15.6 Å². The predicted octanol–water partition coefficient (Wildman–Crippen LogP) is 4.85. The highest BCUT2D eigenvalue weighted by molar-refractivity contribution is 7.17. The number of nitrogens with zero attached hydrogens (tertiary/aromatic N) is 2. The highest BCUT2D eigenvalue weighted by Gasteiger charge is 2.27. The molecule has 9 nitrogen and oxygen atoms in total. The smallest absolute Gasteiger partial charge is 0.406 e. The van der Waals surface area contributed by atoms with E-state index in [0.29, 0.717) is 21.3 Å². The molecule has 0 radical (unpaired) electrons. The minimum atomic E-state index is -0.681. The van der Waals surface area contributed by atoms with Crippen molar-refractivity contribution in [1.29, 1.82) is 0 Å². The lowest BCUT2D eigenvalue weighted by Crippen LogP contribution is -2.22. The Morgan fingerprint density at radius 1 is 1.15 bits per heavy atom. The minimum Gasteiger partial charge on any atom is -0.476 e. The van der Waals surface area contributed by atoms with E-state index in [9.17, 15) is 19.7 Å². The first-order chi connectivity index (χ1) is 15.9. The van der Waals surface area contributed by atoms with Crippen LogP contribution in [-0.2, 0) is 17.6 Å². The molecule has 170 valence electrons. The van der Waals surface area contributed by atoms with Crippen LogP contribution in [-0.4, -0.2) is 28.3 Å². The van der Waals surface area contributed by atoms with Gasteiger partial charge in [-0.05, 0) is 77.6 Å². The summed E-state index contributed by atoms with van der Waals surface area (Å²) in [6.45, 7) is -0.465. The second-order valence-electron chi connectivity index (χ2n) is 7.30. The molecular formula is C22H19ClN4O5S. The fraction of sp³-hybridized carbons (Fsp3) is 0.227. The molecule has 2 aromatic heterocycles. The zero-order valence-corrected chi connectivity index (χ0v) is 18.9. The van der Waals surface area contributed by atoms with Crippen molar-refractivity contribution in [3.05, 3.63) is 73.7 Å². The molecule has 0 aliphatic heterocycles. The molecule has 33 heavy (non-hydrogen) atoms. The SMILES string of the molecule is O=C(COc1cccnc1[N+](=O)[O-])Nc1sc2c(c1C(=O)Nc1ccc(Cl)cc1)CCCC2. The number of benzene rings is 1. The van der Waals surface area contributed by atoms with Crippen LogP contribution < -0.4 is 15.4 Å². The Morgan fingerprint density at radius 3 is 2.67 bits per heavy atom. The van der Waals surface area contributed by atoms with Crippen LogP contribution in [0.4, 0.5) is 16.5 Å². The molecule has 0 saturated carbocycles. The number of thiophene rings is 1. The van der Waals surface area contributed by atoms with Gasteiger partial charge in [-0.3, -0.25) is 9.59 Å². The lowest BCUT2D eigenvalue weighted by Gasteiger charge is -2.13. The monoisotopic (exact) mass is 486 g/mol. The van der Waals surface area contributed by atoms with E-state index in [1.165, 1.54) is 29.7 Å². The number of aryl methyl sites for hydroxylation is 1. The second kappa shape index (κ2) is 9.97. The number of hydrogen-bond donors (Lipinski definition) is 2. The van der Waals surface area contributed by atoms with Crippen LogP contribution in [0.25, 0.3) is 0 Å². The van der Waals surface area contributed by atoms with E-state index >= 15 is 0 Å². The van der Waals surface area contributed by atoms with E-state index in [1.807, 2.05) is 0 Å². The number of hydrogen-bond acceptors (Lipinski definition) is 7. The van der Waals surface area contributed by atoms with E-state index < -0.39 is 23.3 Å². The summed E-state index contributed by atoms with van der Waals surface area (Å²) in [5.74, 6) is -1.44. The number of pyridine rings is 1. The normalized spacial score (nSPS) is 12.5. The number of halogens is 1. The number of aromatic nitrogens is 1. The molecule has 2 N–H and O–H groups in total. The molecule has 0 bridgehead atoms. The molecule has 0 atom stereocenters. The zero-order chi connectivity index (χ0) is 23.4. The van der Waals surface area contributed by atoms with Gasteiger partial charge in [-0.2, -0.15) is 0 Å². The molecule has 1 aliphatic rings. The lowest BCUT2D eigenvalue weighted by molar-refractivity contribution is -0.390. The Labute approximate surface area is 197 Å². The molecule has 1 aliphatic carbocycles. The zero-order valence-electron chi connectivity index (χ0n) is 17.3. The molecule has 3 aromatic rings. The Balaban J connectivity index is 1.52. The summed E-state index contributed by atoms with van der Waals surface area (Å²) in [5.41, 5.74) is 1.96. The van der Waals surface area contributed by atoms with Gasteiger partial charge in [-0.1, -0.05) is 11.6 Å². The highest BCUT2D eigenvalue weighted by atomic mass is 35.5. The Morgan fingerprint density at radius 2 is 1.91 bits per heavy atom. The van der Waals surface area contributed by atoms with Gasteiger partial charge in [0.25, 0.3) is 11.8 Å². The number of anilines is 2. The van der Waals surface area contributed by atoms with Gasteiger partial charge in [0.2, 0.25) is 5.75 Å². The van der Waals surface area contributed by atoms with Crippen LogP contribution in [0.2, 0.25) is 5.02 Å². The van der Waals surface area contributed by atoms with Gasteiger partial charge in [0.1, 0.15) is 11.2 Å².